The van der Waals surface area contributed by atoms with Crippen LogP contribution in [-0.4, -0.2) is 7.11 Å². The summed E-state index contributed by atoms with van der Waals surface area (Å²) in [6.45, 7) is 4.86. The molecule has 0 saturated carbocycles. The van der Waals surface area contributed by atoms with Crippen molar-refractivity contribution in [3.05, 3.63) is 56.5 Å². The molecule has 0 atom stereocenters. The van der Waals surface area contributed by atoms with E-state index in [1.165, 1.54) is 5.56 Å². The standard InChI is InChI=1S/C17H18Br2O2/c1-11(2)14-9-13(18)5-7-16(14)21-10-12-4-6-17(20-3)15(19)8-12/h4-9,11H,10H2,1-3H3. The van der Waals surface area contributed by atoms with E-state index in [4.69, 9.17) is 9.47 Å². The summed E-state index contributed by atoms with van der Waals surface area (Å²) >= 11 is 7.00. The van der Waals surface area contributed by atoms with Gasteiger partial charge in [-0.2, -0.15) is 0 Å². The van der Waals surface area contributed by atoms with E-state index < -0.39 is 0 Å². The minimum Gasteiger partial charge on any atom is -0.496 e. The van der Waals surface area contributed by atoms with Crippen molar-refractivity contribution < 1.29 is 9.47 Å². The lowest BCUT2D eigenvalue weighted by Crippen LogP contribution is -2.00. The Balaban J connectivity index is 2.15. The molecule has 0 amide bonds. The molecular weight excluding hydrogens is 396 g/mol. The summed E-state index contributed by atoms with van der Waals surface area (Å²) in [7, 11) is 1.66. The number of rotatable bonds is 5. The van der Waals surface area contributed by atoms with E-state index in [9.17, 15) is 0 Å². The Hall–Kier alpha value is -1.000. The van der Waals surface area contributed by atoms with E-state index >= 15 is 0 Å². The number of benzene rings is 2. The van der Waals surface area contributed by atoms with Gasteiger partial charge in [0, 0.05) is 4.47 Å². The smallest absolute Gasteiger partial charge is 0.133 e. The van der Waals surface area contributed by atoms with Crippen molar-refractivity contribution in [3.63, 3.8) is 0 Å². The lowest BCUT2D eigenvalue weighted by molar-refractivity contribution is 0.301. The highest BCUT2D eigenvalue weighted by molar-refractivity contribution is 9.10. The molecule has 0 aromatic heterocycles. The third kappa shape index (κ3) is 4.24. The van der Waals surface area contributed by atoms with Crippen molar-refractivity contribution >= 4 is 31.9 Å². The van der Waals surface area contributed by atoms with Crippen LogP contribution in [0.15, 0.2) is 45.3 Å². The molecule has 0 aliphatic heterocycles. The van der Waals surface area contributed by atoms with Crippen molar-refractivity contribution in [1.82, 2.24) is 0 Å². The van der Waals surface area contributed by atoms with Crippen LogP contribution in [0, 0.1) is 0 Å². The number of hydrogen-bond donors (Lipinski definition) is 0. The fourth-order valence-electron chi connectivity index (χ4n) is 2.06. The molecule has 0 spiro atoms. The van der Waals surface area contributed by atoms with Gasteiger partial charge in [0.25, 0.3) is 0 Å². The van der Waals surface area contributed by atoms with Crippen LogP contribution >= 0.6 is 31.9 Å². The molecule has 0 heterocycles. The van der Waals surface area contributed by atoms with E-state index in [0.717, 1.165) is 26.0 Å². The molecule has 4 heteroatoms. The fourth-order valence-corrected chi connectivity index (χ4v) is 3.03. The van der Waals surface area contributed by atoms with Gasteiger partial charge in [0.15, 0.2) is 0 Å². The lowest BCUT2D eigenvalue weighted by Gasteiger charge is -2.15. The van der Waals surface area contributed by atoms with Crippen LogP contribution in [0.1, 0.15) is 30.9 Å². The molecule has 21 heavy (non-hydrogen) atoms. The van der Waals surface area contributed by atoms with Crippen LogP contribution in [0.4, 0.5) is 0 Å². The van der Waals surface area contributed by atoms with Gasteiger partial charge in [0.2, 0.25) is 0 Å². The summed E-state index contributed by atoms with van der Waals surface area (Å²) in [6.07, 6.45) is 0. The third-order valence-electron chi connectivity index (χ3n) is 3.20. The Morgan fingerprint density at radius 1 is 1.00 bits per heavy atom. The molecule has 0 unspecified atom stereocenters. The van der Waals surface area contributed by atoms with E-state index in [-0.39, 0.29) is 0 Å². The second-order valence-corrected chi connectivity index (χ2v) is 6.86. The molecule has 0 saturated heterocycles. The van der Waals surface area contributed by atoms with Gasteiger partial charge in [-0.15, -0.1) is 0 Å². The summed E-state index contributed by atoms with van der Waals surface area (Å²) in [5, 5.41) is 0. The highest BCUT2D eigenvalue weighted by Gasteiger charge is 2.09. The molecule has 0 aliphatic rings. The Labute approximate surface area is 142 Å². The normalized spacial score (nSPS) is 10.8. The maximum Gasteiger partial charge on any atom is 0.133 e. The maximum atomic E-state index is 5.99. The molecule has 0 fully saturated rings. The largest absolute Gasteiger partial charge is 0.496 e. The minimum atomic E-state index is 0.417. The van der Waals surface area contributed by atoms with Gasteiger partial charge in [-0.1, -0.05) is 35.8 Å². The molecular formula is C17H18Br2O2. The minimum absolute atomic E-state index is 0.417. The predicted octanol–water partition coefficient (Wildman–Crippen LogP) is 5.92. The third-order valence-corrected chi connectivity index (χ3v) is 4.32. The van der Waals surface area contributed by atoms with Crippen molar-refractivity contribution in [2.45, 2.75) is 26.4 Å². The van der Waals surface area contributed by atoms with Crippen molar-refractivity contribution in [1.29, 1.82) is 0 Å². The summed E-state index contributed by atoms with van der Waals surface area (Å²) in [5.41, 5.74) is 2.30. The van der Waals surface area contributed by atoms with Crippen LogP contribution < -0.4 is 9.47 Å². The average Bonchev–Trinajstić information content (AvgIpc) is 2.46. The fraction of sp³-hybridized carbons (Fsp3) is 0.294. The van der Waals surface area contributed by atoms with Gasteiger partial charge in [0.1, 0.15) is 18.1 Å². The molecule has 0 aliphatic carbocycles. The summed E-state index contributed by atoms with van der Waals surface area (Å²) < 4.78 is 13.2. The second kappa shape index (κ2) is 7.32. The molecule has 2 aromatic rings. The average molecular weight is 414 g/mol. The van der Waals surface area contributed by atoms with Gasteiger partial charge in [-0.25, -0.2) is 0 Å². The number of methoxy groups -OCH3 is 1. The van der Waals surface area contributed by atoms with Gasteiger partial charge < -0.3 is 9.47 Å². The lowest BCUT2D eigenvalue weighted by atomic mass is 10.0. The van der Waals surface area contributed by atoms with E-state index in [0.29, 0.717) is 12.5 Å². The Bertz CT molecular complexity index is 624. The monoisotopic (exact) mass is 412 g/mol. The SMILES string of the molecule is COc1ccc(COc2ccc(Br)cc2C(C)C)cc1Br. The zero-order chi connectivity index (χ0) is 15.4. The molecule has 0 radical (unpaired) electrons. The zero-order valence-electron chi connectivity index (χ0n) is 12.3. The van der Waals surface area contributed by atoms with Gasteiger partial charge in [0.05, 0.1) is 11.6 Å². The summed E-state index contributed by atoms with van der Waals surface area (Å²) in [6, 6.07) is 12.1. The molecule has 2 aromatic carbocycles. The van der Waals surface area contributed by atoms with Crippen LogP contribution in [0.3, 0.4) is 0 Å². The van der Waals surface area contributed by atoms with Crippen molar-refractivity contribution in [2.75, 3.05) is 7.11 Å². The quantitative estimate of drug-likeness (QED) is 0.605. The maximum absolute atomic E-state index is 5.99. The van der Waals surface area contributed by atoms with Gasteiger partial charge in [-0.05, 0) is 63.3 Å². The van der Waals surface area contributed by atoms with Crippen LogP contribution in [0.2, 0.25) is 0 Å². The predicted molar refractivity (Wildman–Crippen MR) is 93.3 cm³/mol. The zero-order valence-corrected chi connectivity index (χ0v) is 15.5. The highest BCUT2D eigenvalue weighted by Crippen LogP contribution is 2.31. The van der Waals surface area contributed by atoms with Crippen LogP contribution in [-0.2, 0) is 6.61 Å². The molecule has 2 rings (SSSR count). The topological polar surface area (TPSA) is 18.5 Å². The number of hydrogen-bond acceptors (Lipinski definition) is 2. The van der Waals surface area contributed by atoms with Crippen molar-refractivity contribution in [2.24, 2.45) is 0 Å². The first-order valence-electron chi connectivity index (χ1n) is 6.76. The first-order chi connectivity index (χ1) is 10.0. The summed E-state index contributed by atoms with van der Waals surface area (Å²) in [4.78, 5) is 0. The first kappa shape index (κ1) is 16.4. The first-order valence-corrected chi connectivity index (χ1v) is 8.34. The second-order valence-electron chi connectivity index (χ2n) is 5.09. The molecule has 0 N–H and O–H groups in total. The van der Waals surface area contributed by atoms with E-state index in [2.05, 4.69) is 51.8 Å². The molecule has 0 bridgehead atoms. The Kier molecular flexibility index (Phi) is 5.71. The Morgan fingerprint density at radius 2 is 1.71 bits per heavy atom. The number of halogens is 2. The van der Waals surface area contributed by atoms with Crippen molar-refractivity contribution in [3.8, 4) is 11.5 Å². The van der Waals surface area contributed by atoms with Crippen LogP contribution in [0.25, 0.3) is 0 Å². The molecule has 112 valence electrons. The summed E-state index contributed by atoms with van der Waals surface area (Å²) in [5.74, 6) is 2.17. The van der Waals surface area contributed by atoms with E-state index in [1.54, 1.807) is 7.11 Å². The highest BCUT2D eigenvalue weighted by atomic mass is 79.9. The number of ether oxygens (including phenoxy) is 2. The van der Waals surface area contributed by atoms with Gasteiger partial charge >= 0.3 is 0 Å². The van der Waals surface area contributed by atoms with Gasteiger partial charge in [-0.3, -0.25) is 0 Å². The van der Waals surface area contributed by atoms with Crippen LogP contribution in [0.5, 0.6) is 11.5 Å². The Morgan fingerprint density at radius 3 is 2.33 bits per heavy atom. The molecule has 2 nitrogen and oxygen atoms in total. The van der Waals surface area contributed by atoms with E-state index in [1.807, 2.05) is 30.3 Å².